The number of nitrogens with two attached hydrogens (primary N) is 1. The first kappa shape index (κ1) is 16.9. The van der Waals surface area contributed by atoms with Gasteiger partial charge in [0.2, 0.25) is 0 Å². The smallest absolute Gasteiger partial charge is 0.163 e. The SMILES string of the molecule is NCCCCCc1nc2cc3c(cc2n1Cc1ccccc1)OCCO3. The van der Waals surface area contributed by atoms with Crippen LogP contribution in [-0.4, -0.2) is 29.3 Å². The normalized spacial score (nSPS) is 13.3. The molecule has 2 heterocycles. The molecule has 0 aliphatic carbocycles. The second-order valence-corrected chi connectivity index (χ2v) is 6.68. The molecule has 0 spiro atoms. The molecule has 2 N–H and O–H groups in total. The number of aryl methyl sites for hydroxylation is 1. The largest absolute Gasteiger partial charge is 0.486 e. The Kier molecular flexibility index (Phi) is 5.07. The number of unbranched alkanes of at least 4 members (excludes halogenated alkanes) is 2. The predicted octanol–water partition coefficient (Wildman–Crippen LogP) is 3.53. The highest BCUT2D eigenvalue weighted by molar-refractivity contribution is 5.81. The highest BCUT2D eigenvalue weighted by Gasteiger charge is 2.18. The van der Waals surface area contributed by atoms with Gasteiger partial charge in [0.05, 0.1) is 11.0 Å². The van der Waals surface area contributed by atoms with Crippen LogP contribution < -0.4 is 15.2 Å². The van der Waals surface area contributed by atoms with Crippen molar-refractivity contribution < 1.29 is 9.47 Å². The fourth-order valence-electron chi connectivity index (χ4n) is 3.45. The van der Waals surface area contributed by atoms with Gasteiger partial charge in [-0.1, -0.05) is 36.8 Å². The minimum Gasteiger partial charge on any atom is -0.486 e. The van der Waals surface area contributed by atoms with E-state index < -0.39 is 0 Å². The predicted molar refractivity (Wildman–Crippen MR) is 103 cm³/mol. The lowest BCUT2D eigenvalue weighted by Crippen LogP contribution is -2.15. The summed E-state index contributed by atoms with van der Waals surface area (Å²) < 4.78 is 13.8. The van der Waals surface area contributed by atoms with Crippen molar-refractivity contribution in [3.63, 3.8) is 0 Å². The number of ether oxygens (including phenoxy) is 2. The van der Waals surface area contributed by atoms with E-state index in [-0.39, 0.29) is 0 Å². The number of nitrogens with zero attached hydrogens (tertiary/aromatic N) is 2. The van der Waals surface area contributed by atoms with Crippen LogP contribution in [0.1, 0.15) is 30.7 Å². The molecule has 0 saturated carbocycles. The Morgan fingerprint density at radius 2 is 1.73 bits per heavy atom. The van der Waals surface area contributed by atoms with Gasteiger partial charge in [0.1, 0.15) is 19.0 Å². The van der Waals surface area contributed by atoms with E-state index in [0.29, 0.717) is 13.2 Å². The summed E-state index contributed by atoms with van der Waals surface area (Å²) in [7, 11) is 0. The number of benzene rings is 2. The highest BCUT2D eigenvalue weighted by atomic mass is 16.6. The van der Waals surface area contributed by atoms with Gasteiger partial charge >= 0.3 is 0 Å². The fraction of sp³-hybridized carbons (Fsp3) is 0.381. The number of aromatic nitrogens is 2. The van der Waals surface area contributed by atoms with Crippen LogP contribution in [0.3, 0.4) is 0 Å². The van der Waals surface area contributed by atoms with E-state index in [0.717, 1.165) is 67.1 Å². The van der Waals surface area contributed by atoms with Gasteiger partial charge in [-0.05, 0) is 24.9 Å². The van der Waals surface area contributed by atoms with Crippen molar-refractivity contribution in [2.24, 2.45) is 5.73 Å². The number of hydrogen-bond acceptors (Lipinski definition) is 4. The van der Waals surface area contributed by atoms with Crippen molar-refractivity contribution in [3.05, 3.63) is 53.9 Å². The Balaban J connectivity index is 1.71. The van der Waals surface area contributed by atoms with Crippen molar-refractivity contribution >= 4 is 11.0 Å². The summed E-state index contributed by atoms with van der Waals surface area (Å²) in [4.78, 5) is 4.91. The molecule has 0 bridgehead atoms. The zero-order valence-corrected chi connectivity index (χ0v) is 15.0. The Bertz CT molecular complexity index is 874. The van der Waals surface area contributed by atoms with Crippen LogP contribution in [0.4, 0.5) is 0 Å². The number of fused-ring (bicyclic) bond motifs is 2. The molecule has 0 radical (unpaired) electrons. The first-order valence-corrected chi connectivity index (χ1v) is 9.38. The van der Waals surface area contributed by atoms with Crippen molar-refractivity contribution in [2.45, 2.75) is 32.2 Å². The maximum absolute atomic E-state index is 5.78. The lowest BCUT2D eigenvalue weighted by molar-refractivity contribution is 0.172. The van der Waals surface area contributed by atoms with Crippen molar-refractivity contribution in [1.82, 2.24) is 9.55 Å². The molecular formula is C21H25N3O2. The first-order chi connectivity index (χ1) is 12.8. The first-order valence-electron chi connectivity index (χ1n) is 9.38. The Morgan fingerprint density at radius 1 is 0.962 bits per heavy atom. The van der Waals surface area contributed by atoms with Crippen molar-refractivity contribution in [2.75, 3.05) is 19.8 Å². The monoisotopic (exact) mass is 351 g/mol. The van der Waals surface area contributed by atoms with Crippen LogP contribution in [0.15, 0.2) is 42.5 Å². The summed E-state index contributed by atoms with van der Waals surface area (Å²) >= 11 is 0. The molecule has 5 nitrogen and oxygen atoms in total. The third-order valence-corrected chi connectivity index (χ3v) is 4.78. The molecule has 0 atom stereocenters. The summed E-state index contributed by atoms with van der Waals surface area (Å²) in [5, 5.41) is 0. The van der Waals surface area contributed by atoms with Gasteiger partial charge in [-0.15, -0.1) is 0 Å². The third kappa shape index (κ3) is 3.53. The zero-order chi connectivity index (χ0) is 17.8. The summed E-state index contributed by atoms with van der Waals surface area (Å²) in [6.07, 6.45) is 4.25. The van der Waals surface area contributed by atoms with Gasteiger partial charge in [-0.3, -0.25) is 0 Å². The number of rotatable bonds is 7. The second-order valence-electron chi connectivity index (χ2n) is 6.68. The molecular weight excluding hydrogens is 326 g/mol. The van der Waals surface area contributed by atoms with E-state index in [4.69, 9.17) is 20.2 Å². The van der Waals surface area contributed by atoms with Gasteiger partial charge in [-0.2, -0.15) is 0 Å². The lowest BCUT2D eigenvalue weighted by Gasteiger charge is -2.18. The molecule has 3 aromatic rings. The molecule has 0 fully saturated rings. The summed E-state index contributed by atoms with van der Waals surface area (Å²) in [6, 6.07) is 14.6. The van der Waals surface area contributed by atoms with Gasteiger partial charge in [0, 0.05) is 25.1 Å². The molecule has 0 saturated heterocycles. The van der Waals surface area contributed by atoms with Gasteiger partial charge in [0.25, 0.3) is 0 Å². The molecule has 26 heavy (non-hydrogen) atoms. The summed E-state index contributed by atoms with van der Waals surface area (Å²) in [5.74, 6) is 2.72. The van der Waals surface area contributed by atoms with Gasteiger partial charge in [0.15, 0.2) is 11.5 Å². The van der Waals surface area contributed by atoms with Crippen LogP contribution in [-0.2, 0) is 13.0 Å². The van der Waals surface area contributed by atoms with Crippen molar-refractivity contribution in [1.29, 1.82) is 0 Å². The van der Waals surface area contributed by atoms with Gasteiger partial charge in [-0.25, -0.2) is 4.98 Å². The third-order valence-electron chi connectivity index (χ3n) is 4.78. The summed E-state index contributed by atoms with van der Waals surface area (Å²) in [5.41, 5.74) is 8.97. The Labute approximate surface area is 153 Å². The second kappa shape index (κ2) is 7.79. The lowest BCUT2D eigenvalue weighted by atomic mass is 10.1. The molecule has 1 aliphatic rings. The highest BCUT2D eigenvalue weighted by Crippen LogP contribution is 2.35. The van der Waals surface area contributed by atoms with Crippen molar-refractivity contribution in [3.8, 4) is 11.5 Å². The van der Waals surface area contributed by atoms with Gasteiger partial charge < -0.3 is 19.8 Å². The van der Waals surface area contributed by atoms with Crippen LogP contribution in [0.2, 0.25) is 0 Å². The zero-order valence-electron chi connectivity index (χ0n) is 15.0. The maximum Gasteiger partial charge on any atom is 0.163 e. The quantitative estimate of drug-likeness (QED) is 0.662. The molecule has 0 amide bonds. The maximum atomic E-state index is 5.78. The van der Waals surface area contributed by atoms with E-state index >= 15 is 0 Å². The molecule has 1 aromatic heterocycles. The van der Waals surface area contributed by atoms with E-state index in [1.807, 2.05) is 12.1 Å². The topological polar surface area (TPSA) is 62.3 Å². The van der Waals surface area contributed by atoms with E-state index in [2.05, 4.69) is 34.9 Å². The average Bonchev–Trinajstić information content (AvgIpc) is 3.01. The van der Waals surface area contributed by atoms with E-state index in [9.17, 15) is 0 Å². The summed E-state index contributed by atoms with van der Waals surface area (Å²) in [6.45, 7) is 2.75. The molecule has 4 rings (SSSR count). The molecule has 0 unspecified atom stereocenters. The Morgan fingerprint density at radius 3 is 2.50 bits per heavy atom. The Hall–Kier alpha value is -2.53. The molecule has 1 aliphatic heterocycles. The standard InChI is InChI=1S/C21H25N3O2/c22-10-6-2-5-9-21-23-17-13-19-20(26-12-11-25-19)14-18(17)24(21)15-16-7-3-1-4-8-16/h1,3-4,7-8,13-14H,2,5-6,9-12,15,22H2. The van der Waals surface area contributed by atoms with Crippen LogP contribution in [0.5, 0.6) is 11.5 Å². The molecule has 5 heteroatoms. The fourth-order valence-corrected chi connectivity index (χ4v) is 3.45. The van der Waals surface area contributed by atoms with Crippen LogP contribution in [0.25, 0.3) is 11.0 Å². The molecule has 136 valence electrons. The minimum atomic E-state index is 0.592. The number of imidazole rings is 1. The average molecular weight is 351 g/mol. The molecule has 2 aromatic carbocycles. The van der Waals surface area contributed by atoms with E-state index in [1.165, 1.54) is 5.56 Å². The minimum absolute atomic E-state index is 0.592. The van der Waals surface area contributed by atoms with Crippen LogP contribution in [0, 0.1) is 0 Å². The van der Waals surface area contributed by atoms with Crippen LogP contribution >= 0.6 is 0 Å². The number of hydrogen-bond donors (Lipinski definition) is 1. The van der Waals surface area contributed by atoms with E-state index in [1.54, 1.807) is 0 Å².